The Balaban J connectivity index is 1.71. The molecule has 0 fully saturated rings. The summed E-state index contributed by atoms with van der Waals surface area (Å²) in [5.41, 5.74) is 2.29. The van der Waals surface area contributed by atoms with Crippen LogP contribution in [0.5, 0.6) is 5.75 Å². The molecule has 1 heterocycles. The van der Waals surface area contributed by atoms with Gasteiger partial charge in [-0.05, 0) is 48.0 Å². The molecule has 0 aliphatic heterocycles. The van der Waals surface area contributed by atoms with E-state index in [9.17, 15) is 9.90 Å². The molecule has 0 saturated heterocycles. The summed E-state index contributed by atoms with van der Waals surface area (Å²) in [7, 11) is 0. The van der Waals surface area contributed by atoms with Crippen LogP contribution in [0.25, 0.3) is 22.0 Å². The summed E-state index contributed by atoms with van der Waals surface area (Å²) in [6, 6.07) is 21.3. The first-order chi connectivity index (χ1) is 13.1. The van der Waals surface area contributed by atoms with Crippen molar-refractivity contribution in [2.24, 2.45) is 10.2 Å². The van der Waals surface area contributed by atoms with Crippen molar-refractivity contribution in [3.63, 3.8) is 0 Å². The number of nitrogens with zero attached hydrogens (tertiary/aromatic N) is 2. The van der Waals surface area contributed by atoms with Gasteiger partial charge in [0.2, 0.25) is 0 Å². The Morgan fingerprint density at radius 3 is 2.22 bits per heavy atom. The maximum atomic E-state index is 12.5. The SMILES string of the molecule is O=c1[nH]c2cc(Cl)ccc2c(O)c1-c1ccc(N=Nc2ccccc2)cc1. The Labute approximate surface area is 159 Å². The minimum atomic E-state index is -0.388. The first kappa shape index (κ1) is 17.0. The molecule has 0 radical (unpaired) electrons. The first-order valence-electron chi connectivity index (χ1n) is 8.23. The van der Waals surface area contributed by atoms with E-state index in [0.29, 0.717) is 27.2 Å². The van der Waals surface area contributed by atoms with Gasteiger partial charge in [-0.15, -0.1) is 0 Å². The smallest absolute Gasteiger partial charge is 0.260 e. The Morgan fingerprint density at radius 1 is 0.852 bits per heavy atom. The van der Waals surface area contributed by atoms with Gasteiger partial charge in [-0.1, -0.05) is 41.9 Å². The molecular weight excluding hydrogens is 362 g/mol. The van der Waals surface area contributed by atoms with Crippen molar-refractivity contribution in [1.29, 1.82) is 0 Å². The summed E-state index contributed by atoms with van der Waals surface area (Å²) in [5.74, 6) is -0.0796. The molecule has 132 valence electrons. The normalized spacial score (nSPS) is 11.3. The van der Waals surface area contributed by atoms with Crippen molar-refractivity contribution in [1.82, 2.24) is 4.98 Å². The van der Waals surface area contributed by atoms with Crippen LogP contribution in [0.15, 0.2) is 87.8 Å². The highest BCUT2D eigenvalue weighted by molar-refractivity contribution is 6.31. The molecule has 0 amide bonds. The van der Waals surface area contributed by atoms with Crippen molar-refractivity contribution in [3.05, 3.63) is 88.2 Å². The summed E-state index contributed by atoms with van der Waals surface area (Å²) in [5, 5.41) is 19.9. The number of halogens is 1. The largest absolute Gasteiger partial charge is 0.506 e. The van der Waals surface area contributed by atoms with Gasteiger partial charge in [-0.3, -0.25) is 4.79 Å². The van der Waals surface area contributed by atoms with Gasteiger partial charge < -0.3 is 10.1 Å². The lowest BCUT2D eigenvalue weighted by Crippen LogP contribution is -2.09. The van der Waals surface area contributed by atoms with Crippen molar-refractivity contribution < 1.29 is 5.11 Å². The van der Waals surface area contributed by atoms with Crippen molar-refractivity contribution >= 4 is 33.9 Å². The maximum Gasteiger partial charge on any atom is 0.260 e. The minimum Gasteiger partial charge on any atom is -0.506 e. The van der Waals surface area contributed by atoms with Crippen LogP contribution in [0.1, 0.15) is 0 Å². The number of hydrogen-bond donors (Lipinski definition) is 2. The summed E-state index contributed by atoms with van der Waals surface area (Å²) < 4.78 is 0. The Hall–Kier alpha value is -3.44. The van der Waals surface area contributed by atoms with Gasteiger partial charge in [0.25, 0.3) is 5.56 Å². The number of rotatable bonds is 3. The van der Waals surface area contributed by atoms with E-state index < -0.39 is 0 Å². The lowest BCUT2D eigenvalue weighted by molar-refractivity contribution is 0.482. The van der Waals surface area contributed by atoms with Crippen LogP contribution in [0.2, 0.25) is 5.02 Å². The second-order valence-corrected chi connectivity index (χ2v) is 6.39. The highest BCUT2D eigenvalue weighted by Gasteiger charge is 2.14. The van der Waals surface area contributed by atoms with Crippen molar-refractivity contribution in [2.75, 3.05) is 0 Å². The van der Waals surface area contributed by atoms with Crippen LogP contribution in [-0.4, -0.2) is 10.1 Å². The van der Waals surface area contributed by atoms with E-state index in [1.165, 1.54) is 0 Å². The van der Waals surface area contributed by atoms with Crippen molar-refractivity contribution in [3.8, 4) is 16.9 Å². The molecule has 1 aromatic heterocycles. The van der Waals surface area contributed by atoms with Crippen LogP contribution >= 0.6 is 11.6 Å². The Bertz CT molecular complexity index is 1200. The van der Waals surface area contributed by atoms with Crippen LogP contribution in [-0.2, 0) is 0 Å². The number of aromatic hydroxyl groups is 1. The molecule has 0 bridgehead atoms. The lowest BCUT2D eigenvalue weighted by Gasteiger charge is -2.08. The average Bonchev–Trinajstić information content (AvgIpc) is 2.68. The highest BCUT2D eigenvalue weighted by atomic mass is 35.5. The van der Waals surface area contributed by atoms with Crippen LogP contribution < -0.4 is 5.56 Å². The van der Waals surface area contributed by atoms with Crippen LogP contribution in [0, 0.1) is 0 Å². The van der Waals surface area contributed by atoms with E-state index in [1.54, 1.807) is 42.5 Å². The second-order valence-electron chi connectivity index (χ2n) is 5.95. The minimum absolute atomic E-state index is 0.0796. The lowest BCUT2D eigenvalue weighted by atomic mass is 10.0. The molecule has 2 N–H and O–H groups in total. The standard InChI is InChI=1S/C21H14ClN3O2/c22-14-8-11-17-18(12-14)23-21(27)19(20(17)26)13-6-9-16(10-7-13)25-24-15-4-2-1-3-5-15/h1-12H,(H2,23,26,27). The highest BCUT2D eigenvalue weighted by Crippen LogP contribution is 2.33. The van der Waals surface area contributed by atoms with E-state index >= 15 is 0 Å². The molecule has 3 aromatic carbocycles. The molecule has 0 unspecified atom stereocenters. The van der Waals surface area contributed by atoms with Crippen LogP contribution in [0.4, 0.5) is 11.4 Å². The van der Waals surface area contributed by atoms with E-state index in [4.69, 9.17) is 11.6 Å². The molecule has 0 saturated carbocycles. The fourth-order valence-corrected chi connectivity index (χ4v) is 3.00. The number of benzene rings is 3. The summed E-state index contributed by atoms with van der Waals surface area (Å²) >= 11 is 5.95. The van der Waals surface area contributed by atoms with Gasteiger partial charge in [-0.25, -0.2) is 0 Å². The van der Waals surface area contributed by atoms with E-state index in [-0.39, 0.29) is 16.9 Å². The molecule has 4 aromatic rings. The van der Waals surface area contributed by atoms with E-state index in [2.05, 4.69) is 15.2 Å². The summed E-state index contributed by atoms with van der Waals surface area (Å²) in [6.07, 6.45) is 0. The molecular formula is C21H14ClN3O2. The molecule has 0 atom stereocenters. The fourth-order valence-electron chi connectivity index (χ4n) is 2.83. The Morgan fingerprint density at radius 2 is 1.52 bits per heavy atom. The number of aromatic nitrogens is 1. The molecule has 27 heavy (non-hydrogen) atoms. The Kier molecular flexibility index (Phi) is 4.44. The molecule has 0 aliphatic carbocycles. The van der Waals surface area contributed by atoms with Gasteiger partial charge in [-0.2, -0.15) is 10.2 Å². The number of aromatic amines is 1. The zero-order valence-corrected chi connectivity index (χ0v) is 14.8. The number of pyridine rings is 1. The number of nitrogens with one attached hydrogen (secondary N) is 1. The third-order valence-electron chi connectivity index (χ3n) is 4.14. The molecule has 6 heteroatoms. The second kappa shape index (κ2) is 7.05. The third kappa shape index (κ3) is 3.45. The van der Waals surface area contributed by atoms with Gasteiger partial charge in [0, 0.05) is 10.4 Å². The molecule has 0 aliphatic rings. The average molecular weight is 376 g/mol. The number of hydrogen-bond acceptors (Lipinski definition) is 4. The third-order valence-corrected chi connectivity index (χ3v) is 4.38. The van der Waals surface area contributed by atoms with Gasteiger partial charge >= 0.3 is 0 Å². The van der Waals surface area contributed by atoms with Crippen molar-refractivity contribution in [2.45, 2.75) is 0 Å². The summed E-state index contributed by atoms with van der Waals surface area (Å²) in [6.45, 7) is 0. The molecule has 0 spiro atoms. The number of H-pyrrole nitrogens is 1. The van der Waals surface area contributed by atoms with Crippen LogP contribution in [0.3, 0.4) is 0 Å². The maximum absolute atomic E-state index is 12.5. The van der Waals surface area contributed by atoms with Gasteiger partial charge in [0.15, 0.2) is 0 Å². The summed E-state index contributed by atoms with van der Waals surface area (Å²) in [4.78, 5) is 15.2. The fraction of sp³-hybridized carbons (Fsp3) is 0. The first-order valence-corrected chi connectivity index (χ1v) is 8.61. The van der Waals surface area contributed by atoms with E-state index in [1.807, 2.05) is 30.3 Å². The predicted molar refractivity (Wildman–Crippen MR) is 107 cm³/mol. The monoisotopic (exact) mass is 375 g/mol. The topological polar surface area (TPSA) is 77.8 Å². The zero-order valence-electron chi connectivity index (χ0n) is 14.1. The number of azo groups is 1. The van der Waals surface area contributed by atoms with Gasteiger partial charge in [0.05, 0.1) is 22.5 Å². The quantitative estimate of drug-likeness (QED) is 0.433. The predicted octanol–water partition coefficient (Wildman–Crippen LogP) is 5.97. The zero-order chi connectivity index (χ0) is 18.8. The van der Waals surface area contributed by atoms with Gasteiger partial charge in [0.1, 0.15) is 5.75 Å². The number of fused-ring (bicyclic) bond motifs is 1. The molecule has 4 rings (SSSR count). The van der Waals surface area contributed by atoms with E-state index in [0.717, 1.165) is 5.69 Å². The molecule has 5 nitrogen and oxygen atoms in total.